The number of aromatic nitrogens is 2. The summed E-state index contributed by atoms with van der Waals surface area (Å²) in [6.45, 7) is 2.28. The molecule has 3 aromatic rings. The number of alkyl carbamates (subject to hydrolysis) is 1. The lowest BCUT2D eigenvalue weighted by Crippen LogP contribution is -2.53. The second-order valence-corrected chi connectivity index (χ2v) is 8.45. The number of guanidine groups is 1. The molecule has 35 heavy (non-hydrogen) atoms. The summed E-state index contributed by atoms with van der Waals surface area (Å²) in [4.78, 5) is 30.2. The number of hydrogen-bond acceptors (Lipinski definition) is 9. The number of nitrogens with zero attached hydrogens (tertiary/aromatic N) is 5. The summed E-state index contributed by atoms with van der Waals surface area (Å²) in [7, 11) is 4.59. The van der Waals surface area contributed by atoms with Crippen molar-refractivity contribution < 1.29 is 19.0 Å². The summed E-state index contributed by atoms with van der Waals surface area (Å²) in [6.07, 6.45) is 2.82. The van der Waals surface area contributed by atoms with Gasteiger partial charge in [0.1, 0.15) is 12.1 Å². The average Bonchev–Trinajstić information content (AvgIpc) is 2.91. The Kier molecular flexibility index (Phi) is 6.26. The summed E-state index contributed by atoms with van der Waals surface area (Å²) < 4.78 is 15.8. The van der Waals surface area contributed by atoms with Crippen molar-refractivity contribution in [2.24, 2.45) is 4.99 Å². The summed E-state index contributed by atoms with van der Waals surface area (Å²) >= 11 is 0. The van der Waals surface area contributed by atoms with Crippen molar-refractivity contribution in [3.05, 3.63) is 48.3 Å². The molecule has 182 valence electrons. The van der Waals surface area contributed by atoms with Crippen LogP contribution in [0.3, 0.4) is 0 Å². The number of anilines is 1. The van der Waals surface area contributed by atoms with E-state index in [9.17, 15) is 4.79 Å². The molecule has 0 spiro atoms. The van der Waals surface area contributed by atoms with E-state index in [-0.39, 0.29) is 6.04 Å². The average molecular weight is 477 g/mol. The minimum absolute atomic E-state index is 0.207. The van der Waals surface area contributed by atoms with Crippen molar-refractivity contribution in [2.75, 3.05) is 39.3 Å². The molecule has 0 radical (unpaired) electrons. The standard InChI is InChI=1S/C25H28N6O4/c1-33-21-12-18-20(13-22(21)34-2)26-15-27-23(18)30-10-8-17(9-11-30)31-14-16-6-4-5-7-19(16)28-24(31)29-25(32)35-3/h4-7,12-13,15,17H,8-11,14H2,1-3H3,(H,28,29,32). The smallest absolute Gasteiger partial charge is 0.413 e. The predicted octanol–water partition coefficient (Wildman–Crippen LogP) is 3.48. The number of para-hydroxylation sites is 1. The van der Waals surface area contributed by atoms with Crippen LogP contribution in [-0.2, 0) is 11.3 Å². The Morgan fingerprint density at radius 2 is 1.77 bits per heavy atom. The van der Waals surface area contributed by atoms with E-state index >= 15 is 0 Å². The van der Waals surface area contributed by atoms with E-state index in [1.165, 1.54) is 7.11 Å². The maximum absolute atomic E-state index is 12.0. The first-order valence-electron chi connectivity index (χ1n) is 11.5. The maximum Gasteiger partial charge on any atom is 0.413 e. The second kappa shape index (κ2) is 9.65. The molecule has 1 N–H and O–H groups in total. The van der Waals surface area contributed by atoms with Crippen LogP contribution in [0.2, 0.25) is 0 Å². The Morgan fingerprint density at radius 1 is 1.03 bits per heavy atom. The molecule has 2 aliphatic heterocycles. The lowest BCUT2D eigenvalue weighted by molar-refractivity contribution is 0.172. The predicted molar refractivity (Wildman–Crippen MR) is 132 cm³/mol. The number of carbonyl (C=O) groups is 1. The highest BCUT2D eigenvalue weighted by Gasteiger charge is 2.31. The zero-order chi connectivity index (χ0) is 24.4. The first-order valence-corrected chi connectivity index (χ1v) is 11.5. The summed E-state index contributed by atoms with van der Waals surface area (Å²) in [6, 6.07) is 12.0. The van der Waals surface area contributed by atoms with E-state index in [1.54, 1.807) is 20.5 Å². The first-order chi connectivity index (χ1) is 17.1. The van der Waals surface area contributed by atoms with Crippen LogP contribution in [-0.4, -0.2) is 67.4 Å². The molecule has 2 aliphatic rings. The second-order valence-electron chi connectivity index (χ2n) is 8.45. The number of amides is 1. The molecule has 1 amide bonds. The summed E-state index contributed by atoms with van der Waals surface area (Å²) in [5.74, 6) is 2.68. The number of benzene rings is 2. The Bertz CT molecular complexity index is 1270. The molecule has 0 bridgehead atoms. The molecule has 10 heteroatoms. The fraction of sp³-hybridized carbons (Fsp3) is 0.360. The van der Waals surface area contributed by atoms with E-state index in [0.717, 1.165) is 53.9 Å². The van der Waals surface area contributed by atoms with E-state index in [0.29, 0.717) is 24.0 Å². The highest BCUT2D eigenvalue weighted by Crippen LogP contribution is 2.36. The number of ether oxygens (including phenoxy) is 3. The molecule has 0 atom stereocenters. The number of nitrogens with one attached hydrogen (secondary N) is 1. The molecule has 0 unspecified atom stereocenters. The van der Waals surface area contributed by atoms with E-state index < -0.39 is 6.09 Å². The third-order valence-electron chi connectivity index (χ3n) is 6.55. The Hall–Kier alpha value is -4.08. The third kappa shape index (κ3) is 4.39. The van der Waals surface area contributed by atoms with Crippen LogP contribution in [0, 0.1) is 0 Å². The third-order valence-corrected chi connectivity index (χ3v) is 6.55. The lowest BCUT2D eigenvalue weighted by Gasteiger charge is -2.41. The Morgan fingerprint density at radius 3 is 2.51 bits per heavy atom. The number of fused-ring (bicyclic) bond motifs is 2. The normalized spacial score (nSPS) is 15.9. The molecule has 5 rings (SSSR count). The largest absolute Gasteiger partial charge is 0.493 e. The fourth-order valence-electron chi connectivity index (χ4n) is 4.75. The van der Waals surface area contributed by atoms with Gasteiger partial charge in [0.25, 0.3) is 0 Å². The zero-order valence-electron chi connectivity index (χ0n) is 20.0. The van der Waals surface area contributed by atoms with Gasteiger partial charge in [0, 0.05) is 37.1 Å². The van der Waals surface area contributed by atoms with Crippen molar-refractivity contribution in [2.45, 2.75) is 25.4 Å². The molecular formula is C25H28N6O4. The van der Waals surface area contributed by atoms with Crippen molar-refractivity contribution >= 4 is 34.5 Å². The molecular weight excluding hydrogens is 448 g/mol. The Balaban J connectivity index is 1.37. The molecule has 1 aromatic heterocycles. The summed E-state index contributed by atoms with van der Waals surface area (Å²) in [5.41, 5.74) is 2.80. The summed E-state index contributed by atoms with van der Waals surface area (Å²) in [5, 5.41) is 3.72. The highest BCUT2D eigenvalue weighted by atomic mass is 16.5. The minimum Gasteiger partial charge on any atom is -0.493 e. The molecule has 1 saturated heterocycles. The van der Waals surface area contributed by atoms with Crippen LogP contribution in [0.15, 0.2) is 47.7 Å². The number of methoxy groups -OCH3 is 3. The SMILES string of the molecule is COC(=O)NC1=Nc2ccccc2CN1C1CCN(c2ncnc3cc(OC)c(OC)cc23)CC1. The van der Waals surface area contributed by atoms with Gasteiger partial charge in [0.05, 0.1) is 32.5 Å². The van der Waals surface area contributed by atoms with Gasteiger partial charge in [-0.05, 0) is 30.5 Å². The molecule has 0 aliphatic carbocycles. The molecule has 1 fully saturated rings. The van der Waals surface area contributed by atoms with Gasteiger partial charge in [-0.15, -0.1) is 0 Å². The van der Waals surface area contributed by atoms with Gasteiger partial charge in [0.15, 0.2) is 11.5 Å². The van der Waals surface area contributed by atoms with Crippen LogP contribution >= 0.6 is 0 Å². The van der Waals surface area contributed by atoms with Crippen LogP contribution in [0.1, 0.15) is 18.4 Å². The number of hydrogen-bond donors (Lipinski definition) is 1. The van der Waals surface area contributed by atoms with Gasteiger partial charge >= 0.3 is 6.09 Å². The van der Waals surface area contributed by atoms with Gasteiger partial charge < -0.3 is 24.0 Å². The number of rotatable bonds is 4. The molecule has 2 aromatic carbocycles. The highest BCUT2D eigenvalue weighted by molar-refractivity contribution is 5.96. The lowest BCUT2D eigenvalue weighted by atomic mass is 10.0. The molecule has 0 saturated carbocycles. The van der Waals surface area contributed by atoms with Crippen molar-refractivity contribution in [3.63, 3.8) is 0 Å². The van der Waals surface area contributed by atoms with Gasteiger partial charge in [-0.1, -0.05) is 18.2 Å². The minimum atomic E-state index is -0.526. The zero-order valence-corrected chi connectivity index (χ0v) is 20.0. The van der Waals surface area contributed by atoms with E-state index in [1.807, 2.05) is 30.3 Å². The van der Waals surface area contributed by atoms with Crippen LogP contribution in [0.5, 0.6) is 11.5 Å². The van der Waals surface area contributed by atoms with Crippen LogP contribution < -0.4 is 19.7 Å². The fourth-order valence-corrected chi connectivity index (χ4v) is 4.75. The quantitative estimate of drug-likeness (QED) is 0.611. The van der Waals surface area contributed by atoms with Crippen LogP contribution in [0.4, 0.5) is 16.3 Å². The van der Waals surface area contributed by atoms with Gasteiger partial charge in [-0.3, -0.25) is 5.32 Å². The van der Waals surface area contributed by atoms with Gasteiger partial charge in [-0.25, -0.2) is 19.8 Å². The monoisotopic (exact) mass is 476 g/mol. The molecule has 3 heterocycles. The molecule has 10 nitrogen and oxygen atoms in total. The van der Waals surface area contributed by atoms with E-state index in [4.69, 9.17) is 19.2 Å². The van der Waals surface area contributed by atoms with E-state index in [2.05, 4.69) is 31.2 Å². The topological polar surface area (TPSA) is 101 Å². The van der Waals surface area contributed by atoms with Crippen molar-refractivity contribution in [3.8, 4) is 11.5 Å². The van der Waals surface area contributed by atoms with Gasteiger partial charge in [-0.2, -0.15) is 0 Å². The van der Waals surface area contributed by atoms with Gasteiger partial charge in [0.2, 0.25) is 5.96 Å². The first kappa shape index (κ1) is 22.7. The number of carbonyl (C=O) groups excluding carboxylic acids is 1. The van der Waals surface area contributed by atoms with Crippen molar-refractivity contribution in [1.29, 1.82) is 0 Å². The maximum atomic E-state index is 12.0. The van der Waals surface area contributed by atoms with Crippen molar-refractivity contribution in [1.82, 2.24) is 20.2 Å². The van der Waals surface area contributed by atoms with Crippen LogP contribution in [0.25, 0.3) is 10.9 Å². The Labute approximate surface area is 203 Å². The number of piperidine rings is 1. The number of aliphatic imine (C=N–C) groups is 1.